The van der Waals surface area contributed by atoms with E-state index in [0.29, 0.717) is 5.75 Å². The largest absolute Gasteiger partial charge is 0.497 e. The Morgan fingerprint density at radius 2 is 1.39 bits per heavy atom. The van der Waals surface area contributed by atoms with Crippen molar-refractivity contribution in [3.05, 3.63) is 65.7 Å². The molecule has 0 aliphatic rings. The summed E-state index contributed by atoms with van der Waals surface area (Å²) in [6.45, 7) is 5.21. The number of amides is 2. The average Bonchev–Trinajstić information content (AvgIpc) is 2.77. The molecule has 2 atom stereocenters. The molecule has 2 N–H and O–H groups in total. The molecule has 178 valence electrons. The molecular weight excluding hydrogens is 424 g/mol. The summed E-state index contributed by atoms with van der Waals surface area (Å²) in [5.41, 5.74) is 0.936. The smallest absolute Gasteiger partial charge is 0.408 e. The highest BCUT2D eigenvalue weighted by atomic mass is 16.6. The van der Waals surface area contributed by atoms with Gasteiger partial charge in [0.2, 0.25) is 5.91 Å². The van der Waals surface area contributed by atoms with Crippen molar-refractivity contribution in [3.8, 4) is 5.75 Å². The monoisotopic (exact) mass is 456 g/mol. The maximum absolute atomic E-state index is 13.2. The van der Waals surface area contributed by atoms with E-state index in [9.17, 15) is 14.4 Å². The predicted octanol–water partition coefficient (Wildman–Crippen LogP) is 3.03. The van der Waals surface area contributed by atoms with Crippen molar-refractivity contribution >= 4 is 18.0 Å². The van der Waals surface area contributed by atoms with E-state index < -0.39 is 35.7 Å². The summed E-state index contributed by atoms with van der Waals surface area (Å²) in [7, 11) is 2.83. The number of benzene rings is 2. The van der Waals surface area contributed by atoms with Gasteiger partial charge in [0, 0.05) is 12.8 Å². The number of carbonyl (C=O) groups is 3. The van der Waals surface area contributed by atoms with Crippen LogP contribution in [0.5, 0.6) is 5.75 Å². The molecule has 2 unspecified atom stereocenters. The first-order chi connectivity index (χ1) is 15.6. The van der Waals surface area contributed by atoms with Crippen molar-refractivity contribution < 1.29 is 28.6 Å². The summed E-state index contributed by atoms with van der Waals surface area (Å²) in [6, 6.07) is 14.5. The normalized spacial score (nSPS) is 12.8. The Labute approximate surface area is 194 Å². The lowest BCUT2D eigenvalue weighted by atomic mass is 10.0. The van der Waals surface area contributed by atoms with Crippen LogP contribution in [0.1, 0.15) is 31.9 Å². The van der Waals surface area contributed by atoms with Gasteiger partial charge in [0.1, 0.15) is 23.4 Å². The number of ether oxygens (including phenoxy) is 3. The third-order valence-corrected chi connectivity index (χ3v) is 4.69. The highest BCUT2D eigenvalue weighted by molar-refractivity contribution is 5.90. The summed E-state index contributed by atoms with van der Waals surface area (Å²) in [5.74, 6) is -0.426. The van der Waals surface area contributed by atoms with Gasteiger partial charge in [0.05, 0.1) is 14.2 Å². The van der Waals surface area contributed by atoms with Gasteiger partial charge in [-0.25, -0.2) is 9.59 Å². The molecule has 0 heterocycles. The fraction of sp³-hybridized carbons (Fsp3) is 0.400. The second-order valence-electron chi connectivity index (χ2n) is 8.53. The summed E-state index contributed by atoms with van der Waals surface area (Å²) >= 11 is 0. The Hall–Kier alpha value is -3.55. The van der Waals surface area contributed by atoms with Crippen LogP contribution in [0.15, 0.2) is 54.6 Å². The number of hydrogen-bond donors (Lipinski definition) is 2. The second-order valence-corrected chi connectivity index (χ2v) is 8.53. The van der Waals surface area contributed by atoms with E-state index in [1.54, 1.807) is 52.1 Å². The van der Waals surface area contributed by atoms with Gasteiger partial charge in [0.25, 0.3) is 0 Å². The molecule has 2 rings (SSSR count). The second kappa shape index (κ2) is 11.9. The number of methoxy groups -OCH3 is 2. The Kier molecular flexibility index (Phi) is 9.27. The van der Waals surface area contributed by atoms with Crippen molar-refractivity contribution in [3.63, 3.8) is 0 Å². The predicted molar refractivity (Wildman–Crippen MR) is 124 cm³/mol. The van der Waals surface area contributed by atoms with Gasteiger partial charge in [-0.1, -0.05) is 42.5 Å². The zero-order valence-electron chi connectivity index (χ0n) is 19.7. The molecule has 2 amide bonds. The van der Waals surface area contributed by atoms with Crippen LogP contribution in [0.25, 0.3) is 0 Å². The zero-order valence-corrected chi connectivity index (χ0v) is 19.7. The molecule has 8 nitrogen and oxygen atoms in total. The SMILES string of the molecule is COC(=O)C(Cc1ccc(OC)cc1)NC(=O)C(Cc1ccccc1)NC(=O)OC(C)(C)C. The molecule has 0 aromatic heterocycles. The fourth-order valence-electron chi connectivity index (χ4n) is 3.11. The number of carbonyl (C=O) groups excluding carboxylic acids is 3. The van der Waals surface area contributed by atoms with Crippen molar-refractivity contribution in [2.24, 2.45) is 0 Å². The van der Waals surface area contributed by atoms with E-state index in [0.717, 1.165) is 11.1 Å². The van der Waals surface area contributed by atoms with Crippen LogP contribution in [0.3, 0.4) is 0 Å². The molecule has 0 bridgehead atoms. The topological polar surface area (TPSA) is 103 Å². The van der Waals surface area contributed by atoms with Gasteiger partial charge < -0.3 is 24.8 Å². The molecule has 2 aromatic carbocycles. The van der Waals surface area contributed by atoms with Crippen LogP contribution in [0.4, 0.5) is 4.79 Å². The van der Waals surface area contributed by atoms with E-state index in [2.05, 4.69) is 10.6 Å². The van der Waals surface area contributed by atoms with Crippen molar-refractivity contribution in [1.82, 2.24) is 10.6 Å². The molecular formula is C25H32N2O6. The molecule has 33 heavy (non-hydrogen) atoms. The average molecular weight is 457 g/mol. The van der Waals surface area contributed by atoms with Gasteiger partial charge in [0.15, 0.2) is 0 Å². The first-order valence-electron chi connectivity index (χ1n) is 10.7. The quantitative estimate of drug-likeness (QED) is 0.563. The van der Waals surface area contributed by atoms with Crippen LogP contribution in [-0.2, 0) is 31.9 Å². The third-order valence-electron chi connectivity index (χ3n) is 4.69. The molecule has 0 aliphatic carbocycles. The zero-order chi connectivity index (χ0) is 24.4. The number of rotatable bonds is 9. The van der Waals surface area contributed by atoms with Crippen LogP contribution >= 0.6 is 0 Å². The Bertz CT molecular complexity index is 922. The van der Waals surface area contributed by atoms with Crippen LogP contribution in [0.2, 0.25) is 0 Å². The van der Waals surface area contributed by atoms with E-state index in [4.69, 9.17) is 14.2 Å². The van der Waals surface area contributed by atoms with E-state index in [-0.39, 0.29) is 12.8 Å². The molecule has 8 heteroatoms. The van der Waals surface area contributed by atoms with Crippen molar-refractivity contribution in [2.75, 3.05) is 14.2 Å². The molecule has 2 aromatic rings. The van der Waals surface area contributed by atoms with E-state index in [1.165, 1.54) is 7.11 Å². The molecule has 0 saturated heterocycles. The van der Waals surface area contributed by atoms with Gasteiger partial charge in [-0.05, 0) is 44.0 Å². The summed E-state index contributed by atoms with van der Waals surface area (Å²) < 4.78 is 15.4. The first-order valence-corrected chi connectivity index (χ1v) is 10.7. The summed E-state index contributed by atoms with van der Waals surface area (Å²) in [4.78, 5) is 37.9. The van der Waals surface area contributed by atoms with Crippen LogP contribution in [0, 0.1) is 0 Å². The van der Waals surface area contributed by atoms with Crippen LogP contribution < -0.4 is 15.4 Å². The molecule has 0 fully saturated rings. The van der Waals surface area contributed by atoms with E-state index in [1.807, 2.05) is 30.3 Å². The maximum Gasteiger partial charge on any atom is 0.408 e. The maximum atomic E-state index is 13.2. The Morgan fingerprint density at radius 1 is 0.818 bits per heavy atom. The standard InChI is InChI=1S/C25H32N2O6/c1-25(2,3)33-24(30)27-20(15-17-9-7-6-8-10-17)22(28)26-21(23(29)32-5)16-18-11-13-19(31-4)14-12-18/h6-14,20-21H,15-16H2,1-5H3,(H,26,28)(H,27,30). The van der Waals surface area contributed by atoms with E-state index >= 15 is 0 Å². The minimum Gasteiger partial charge on any atom is -0.497 e. The highest BCUT2D eigenvalue weighted by Crippen LogP contribution is 2.14. The highest BCUT2D eigenvalue weighted by Gasteiger charge is 2.29. The molecule has 0 saturated carbocycles. The van der Waals surface area contributed by atoms with Gasteiger partial charge in [-0.15, -0.1) is 0 Å². The lowest BCUT2D eigenvalue weighted by Gasteiger charge is -2.25. The summed E-state index contributed by atoms with van der Waals surface area (Å²) in [5, 5.41) is 5.34. The Balaban J connectivity index is 2.18. The Morgan fingerprint density at radius 3 is 1.94 bits per heavy atom. The van der Waals surface area contributed by atoms with Gasteiger partial charge in [-0.2, -0.15) is 0 Å². The molecule has 0 radical (unpaired) electrons. The number of hydrogen-bond acceptors (Lipinski definition) is 6. The van der Waals surface area contributed by atoms with Gasteiger partial charge >= 0.3 is 12.1 Å². The fourth-order valence-corrected chi connectivity index (χ4v) is 3.11. The summed E-state index contributed by atoms with van der Waals surface area (Å²) in [6.07, 6.45) is -0.279. The lowest BCUT2D eigenvalue weighted by molar-refractivity contribution is -0.145. The van der Waals surface area contributed by atoms with Gasteiger partial charge in [-0.3, -0.25) is 4.79 Å². The minimum atomic E-state index is -0.953. The number of alkyl carbamates (subject to hydrolysis) is 1. The molecule has 0 aliphatic heterocycles. The minimum absolute atomic E-state index is 0.215. The van der Waals surface area contributed by atoms with Crippen molar-refractivity contribution in [2.45, 2.75) is 51.3 Å². The molecule has 0 spiro atoms. The lowest BCUT2D eigenvalue weighted by Crippen LogP contribution is -2.53. The number of esters is 1. The van der Waals surface area contributed by atoms with Crippen molar-refractivity contribution in [1.29, 1.82) is 0 Å². The van der Waals surface area contributed by atoms with Crippen LogP contribution in [-0.4, -0.2) is 49.9 Å². The first kappa shape index (κ1) is 25.7. The number of nitrogens with one attached hydrogen (secondary N) is 2. The third kappa shape index (κ3) is 8.84.